The molecule has 0 aliphatic carbocycles. The Kier molecular flexibility index (Phi) is 7.68. The van der Waals surface area contributed by atoms with Crippen molar-refractivity contribution in [2.24, 2.45) is 5.84 Å². The summed E-state index contributed by atoms with van der Waals surface area (Å²) in [5.74, 6) is 5.22. The second-order valence-electron chi connectivity index (χ2n) is 6.32. The highest BCUT2D eigenvalue weighted by Crippen LogP contribution is 2.13. The fourth-order valence-electron chi connectivity index (χ4n) is 2.40. The molecular formula is C20H27ClN4O. The van der Waals surface area contributed by atoms with E-state index in [4.69, 9.17) is 5.84 Å². The summed E-state index contributed by atoms with van der Waals surface area (Å²) in [5, 5.41) is 3.01. The van der Waals surface area contributed by atoms with Crippen LogP contribution in [0.15, 0.2) is 47.3 Å². The molecule has 0 unspecified atom stereocenters. The van der Waals surface area contributed by atoms with Crippen molar-refractivity contribution in [3.05, 3.63) is 80.8 Å². The molecule has 26 heavy (non-hydrogen) atoms. The summed E-state index contributed by atoms with van der Waals surface area (Å²) in [5.41, 5.74) is 10.3. The lowest BCUT2D eigenvalue weighted by Crippen LogP contribution is -2.13. The van der Waals surface area contributed by atoms with Crippen LogP contribution in [0, 0.1) is 34.6 Å². The third-order valence-electron chi connectivity index (χ3n) is 4.27. The third kappa shape index (κ3) is 5.25. The lowest BCUT2D eigenvalue weighted by molar-refractivity contribution is 0.833. The molecule has 0 atom stereocenters. The van der Waals surface area contributed by atoms with Crippen molar-refractivity contribution in [3.8, 4) is 5.69 Å². The van der Waals surface area contributed by atoms with E-state index in [1.54, 1.807) is 10.7 Å². The second kappa shape index (κ2) is 9.27. The quantitative estimate of drug-likeness (QED) is 0.467. The Morgan fingerprint density at radius 3 is 1.88 bits per heavy atom. The molecule has 0 fully saturated rings. The van der Waals surface area contributed by atoms with E-state index >= 15 is 0 Å². The normalized spacial score (nSPS) is 9.77. The Labute approximate surface area is 160 Å². The van der Waals surface area contributed by atoms with E-state index in [0.717, 1.165) is 17.1 Å². The van der Waals surface area contributed by atoms with Gasteiger partial charge in [-0.25, -0.2) is 4.68 Å². The van der Waals surface area contributed by atoms with E-state index in [2.05, 4.69) is 31.3 Å². The smallest absolute Gasteiger partial charge is 0.271 e. The van der Waals surface area contributed by atoms with Crippen LogP contribution >= 0.6 is 12.4 Å². The molecule has 140 valence electrons. The van der Waals surface area contributed by atoms with Gasteiger partial charge in [0.2, 0.25) is 0 Å². The van der Waals surface area contributed by atoms with Gasteiger partial charge in [0.1, 0.15) is 0 Å². The topological polar surface area (TPSA) is 75.8 Å². The average Bonchev–Trinajstić information content (AvgIpc) is 2.92. The number of aromatic amines is 1. The summed E-state index contributed by atoms with van der Waals surface area (Å²) in [6.45, 7) is 10.1. The molecule has 5 nitrogen and oxygen atoms in total. The maximum Gasteiger partial charge on any atom is 0.271 e. The minimum Gasteiger partial charge on any atom is -0.324 e. The monoisotopic (exact) mass is 374 g/mol. The number of nitrogens with zero attached hydrogens (tertiary/aromatic N) is 1. The Morgan fingerprint density at radius 2 is 1.42 bits per heavy atom. The Balaban J connectivity index is 0.000000270. The van der Waals surface area contributed by atoms with Crippen LogP contribution in [0.2, 0.25) is 0 Å². The fourth-order valence-corrected chi connectivity index (χ4v) is 2.40. The van der Waals surface area contributed by atoms with E-state index in [0.29, 0.717) is 0 Å². The van der Waals surface area contributed by atoms with E-state index < -0.39 is 0 Å². The van der Waals surface area contributed by atoms with Gasteiger partial charge in [0, 0.05) is 17.4 Å². The molecule has 1 heterocycles. The van der Waals surface area contributed by atoms with Crippen LogP contribution in [0.5, 0.6) is 0 Å². The molecule has 0 saturated heterocycles. The molecule has 0 radical (unpaired) electrons. The first-order valence-corrected chi connectivity index (χ1v) is 8.22. The van der Waals surface area contributed by atoms with Crippen molar-refractivity contribution in [1.29, 1.82) is 0 Å². The number of rotatable bonds is 2. The van der Waals surface area contributed by atoms with Gasteiger partial charge in [0.15, 0.2) is 0 Å². The van der Waals surface area contributed by atoms with Crippen molar-refractivity contribution in [1.82, 2.24) is 9.78 Å². The predicted octanol–water partition coefficient (Wildman–Crippen LogP) is 4.10. The lowest BCUT2D eigenvalue weighted by atomic mass is 10.1. The maximum atomic E-state index is 11.6. The summed E-state index contributed by atoms with van der Waals surface area (Å²) in [6.07, 6.45) is 0. The van der Waals surface area contributed by atoms with E-state index in [1.807, 2.05) is 50.2 Å². The molecule has 0 spiro atoms. The molecule has 0 saturated carbocycles. The standard InChI is InChI=1S/C12H14N2O.C8H12N2.ClH/c1-8-4-5-11(6-9(8)2)14-12(15)7-10(3)13-14;1-6-3-4-8(10-9)5-7(6)2;/h4-7,13H,1-3H3;3-5,10H,9H2,1-2H3;1H. The molecule has 3 aromatic rings. The Morgan fingerprint density at radius 1 is 0.846 bits per heavy atom. The molecule has 0 bridgehead atoms. The number of aryl methyl sites for hydroxylation is 5. The lowest BCUT2D eigenvalue weighted by Gasteiger charge is -2.05. The van der Waals surface area contributed by atoms with Gasteiger partial charge < -0.3 is 5.43 Å². The van der Waals surface area contributed by atoms with Gasteiger partial charge in [-0.1, -0.05) is 12.1 Å². The number of hydrazine groups is 1. The Hall–Kier alpha value is -2.50. The molecule has 6 heteroatoms. The number of benzene rings is 2. The van der Waals surface area contributed by atoms with Gasteiger partial charge in [0.25, 0.3) is 5.56 Å². The SMILES string of the molecule is Cc1cc(=O)n(-c2ccc(C)c(C)c2)[nH]1.Cc1ccc(NN)cc1C.Cl. The number of nitrogens with one attached hydrogen (secondary N) is 2. The van der Waals surface area contributed by atoms with E-state index in [-0.39, 0.29) is 18.0 Å². The first kappa shape index (κ1) is 21.5. The molecular weight excluding hydrogens is 348 g/mol. The summed E-state index contributed by atoms with van der Waals surface area (Å²) < 4.78 is 1.56. The number of halogens is 1. The molecule has 3 rings (SSSR count). The van der Waals surface area contributed by atoms with E-state index in [1.165, 1.54) is 22.3 Å². The molecule has 0 aliphatic rings. The van der Waals surface area contributed by atoms with Gasteiger partial charge in [0.05, 0.1) is 5.69 Å². The van der Waals surface area contributed by atoms with Crippen LogP contribution in [0.4, 0.5) is 5.69 Å². The number of nitrogens with two attached hydrogens (primary N) is 1. The van der Waals surface area contributed by atoms with Crippen LogP contribution in [-0.4, -0.2) is 9.78 Å². The maximum absolute atomic E-state index is 11.6. The summed E-state index contributed by atoms with van der Waals surface area (Å²) in [6, 6.07) is 13.6. The summed E-state index contributed by atoms with van der Waals surface area (Å²) in [7, 11) is 0. The van der Waals surface area contributed by atoms with E-state index in [9.17, 15) is 4.79 Å². The number of H-pyrrole nitrogens is 1. The van der Waals surface area contributed by atoms with Gasteiger partial charge in [-0.3, -0.25) is 15.7 Å². The van der Waals surface area contributed by atoms with Crippen molar-refractivity contribution in [2.45, 2.75) is 34.6 Å². The molecule has 2 aromatic carbocycles. The van der Waals surface area contributed by atoms with Crippen LogP contribution in [0.25, 0.3) is 5.69 Å². The summed E-state index contributed by atoms with van der Waals surface area (Å²) in [4.78, 5) is 11.6. The van der Waals surface area contributed by atoms with Gasteiger partial charge in [-0.15, -0.1) is 12.4 Å². The van der Waals surface area contributed by atoms with Crippen molar-refractivity contribution >= 4 is 18.1 Å². The third-order valence-corrected chi connectivity index (χ3v) is 4.27. The van der Waals surface area contributed by atoms with Crippen LogP contribution in [0.1, 0.15) is 27.9 Å². The molecule has 0 aliphatic heterocycles. The molecule has 0 amide bonds. The van der Waals surface area contributed by atoms with Gasteiger partial charge in [-0.2, -0.15) is 0 Å². The number of anilines is 1. The fraction of sp³-hybridized carbons (Fsp3) is 0.250. The average molecular weight is 375 g/mol. The summed E-state index contributed by atoms with van der Waals surface area (Å²) >= 11 is 0. The number of aromatic nitrogens is 2. The predicted molar refractivity (Wildman–Crippen MR) is 112 cm³/mol. The number of hydrogen-bond donors (Lipinski definition) is 3. The van der Waals surface area contributed by atoms with Gasteiger partial charge in [-0.05, 0) is 81.1 Å². The highest BCUT2D eigenvalue weighted by Gasteiger charge is 2.03. The minimum atomic E-state index is -0.0178. The first-order chi connectivity index (χ1) is 11.8. The second-order valence-corrected chi connectivity index (χ2v) is 6.32. The highest BCUT2D eigenvalue weighted by molar-refractivity contribution is 5.85. The zero-order valence-corrected chi connectivity index (χ0v) is 16.7. The van der Waals surface area contributed by atoms with Crippen molar-refractivity contribution in [3.63, 3.8) is 0 Å². The van der Waals surface area contributed by atoms with Crippen LogP contribution in [-0.2, 0) is 0 Å². The number of hydrogen-bond acceptors (Lipinski definition) is 3. The molecule has 4 N–H and O–H groups in total. The van der Waals surface area contributed by atoms with Crippen molar-refractivity contribution in [2.75, 3.05) is 5.43 Å². The number of nitrogen functional groups attached to an aromatic ring is 1. The first-order valence-electron chi connectivity index (χ1n) is 8.22. The largest absolute Gasteiger partial charge is 0.324 e. The highest BCUT2D eigenvalue weighted by atomic mass is 35.5. The minimum absolute atomic E-state index is 0. The van der Waals surface area contributed by atoms with Crippen LogP contribution < -0.4 is 16.8 Å². The van der Waals surface area contributed by atoms with Gasteiger partial charge >= 0.3 is 0 Å². The Bertz CT molecular complexity index is 928. The van der Waals surface area contributed by atoms with Crippen molar-refractivity contribution < 1.29 is 0 Å². The zero-order chi connectivity index (χ0) is 18.6. The zero-order valence-electron chi connectivity index (χ0n) is 15.9. The van der Waals surface area contributed by atoms with Crippen LogP contribution in [0.3, 0.4) is 0 Å². The molecule has 1 aromatic heterocycles.